The third-order valence-corrected chi connectivity index (χ3v) is 2.40. The third kappa shape index (κ3) is 8.95. The quantitative estimate of drug-likeness (QED) is 0.507. The molecule has 0 fully saturated rings. The molecule has 18 heavy (non-hydrogen) atoms. The van der Waals surface area contributed by atoms with Gasteiger partial charge in [-0.2, -0.15) is 0 Å². The molecule has 0 aromatic carbocycles. The molecule has 0 saturated carbocycles. The zero-order valence-corrected chi connectivity index (χ0v) is 11.5. The zero-order chi connectivity index (χ0) is 14.1. The normalized spacial score (nSPS) is 13.6. The smallest absolute Gasteiger partial charge is 0.303 e. The van der Waals surface area contributed by atoms with Crippen molar-refractivity contribution in [3.05, 3.63) is 0 Å². The molecular weight excluding hydrogens is 262 g/mol. The number of carbonyl (C=O) groups excluding carboxylic acids is 3. The van der Waals surface area contributed by atoms with E-state index in [1.165, 1.54) is 20.8 Å². The maximum atomic E-state index is 10.9. The first-order chi connectivity index (χ1) is 8.32. The number of ether oxygens (including phenoxy) is 2. The fourth-order valence-electron chi connectivity index (χ4n) is 1.09. The van der Waals surface area contributed by atoms with E-state index in [1.807, 2.05) is 0 Å². The number of ketones is 1. The highest BCUT2D eigenvalue weighted by Gasteiger charge is 2.15. The van der Waals surface area contributed by atoms with E-state index in [2.05, 4.69) is 5.32 Å². The van der Waals surface area contributed by atoms with E-state index >= 15 is 0 Å². The number of esters is 2. The first kappa shape index (κ1) is 16.9. The van der Waals surface area contributed by atoms with Crippen LogP contribution in [0, 0.1) is 0 Å². The van der Waals surface area contributed by atoms with Crippen molar-refractivity contribution in [2.45, 2.75) is 32.3 Å². The lowest BCUT2D eigenvalue weighted by Gasteiger charge is -2.17. The third-order valence-electron chi connectivity index (χ3n) is 1.94. The summed E-state index contributed by atoms with van der Waals surface area (Å²) in [7, 11) is 0. The van der Waals surface area contributed by atoms with Crippen LogP contribution in [0.1, 0.15) is 20.8 Å². The number of hydrogen-bond donors (Lipinski definition) is 1. The molecule has 0 heterocycles. The minimum absolute atomic E-state index is 0.0328. The summed E-state index contributed by atoms with van der Waals surface area (Å²) in [6.07, 6.45) is -0.595. The molecule has 0 aliphatic carbocycles. The maximum absolute atomic E-state index is 10.9. The second-order valence-electron chi connectivity index (χ2n) is 3.77. The average molecular weight is 280 g/mol. The van der Waals surface area contributed by atoms with Crippen LogP contribution in [-0.2, 0) is 23.9 Å². The number of alkyl halides is 1. The fourth-order valence-corrected chi connectivity index (χ4v) is 1.20. The van der Waals surface area contributed by atoms with Crippen LogP contribution in [0.3, 0.4) is 0 Å². The number of hydrogen-bond acceptors (Lipinski definition) is 6. The standard InChI is InChI=1S/C11H18ClNO5/c1-7(14)11(12)5-13-4-10(18-9(3)16)6-17-8(2)15/h10-11,13H,4-6H2,1-3H3. The van der Waals surface area contributed by atoms with Crippen LogP contribution >= 0.6 is 11.6 Å². The van der Waals surface area contributed by atoms with Crippen molar-refractivity contribution in [1.29, 1.82) is 0 Å². The first-order valence-corrected chi connectivity index (χ1v) is 5.92. The van der Waals surface area contributed by atoms with Crippen molar-refractivity contribution in [2.75, 3.05) is 19.7 Å². The Morgan fingerprint density at radius 2 is 1.72 bits per heavy atom. The average Bonchev–Trinajstić information content (AvgIpc) is 2.24. The molecule has 0 aromatic rings. The molecular formula is C11H18ClNO5. The zero-order valence-electron chi connectivity index (χ0n) is 10.7. The Hall–Kier alpha value is -1.14. The molecule has 0 spiro atoms. The van der Waals surface area contributed by atoms with Gasteiger partial charge in [0.25, 0.3) is 0 Å². The van der Waals surface area contributed by atoms with Gasteiger partial charge < -0.3 is 14.8 Å². The molecule has 2 atom stereocenters. The SMILES string of the molecule is CC(=O)OCC(CNCC(Cl)C(C)=O)OC(C)=O. The van der Waals surface area contributed by atoms with Gasteiger partial charge in [0, 0.05) is 26.9 Å². The van der Waals surface area contributed by atoms with Crippen LogP contribution in [0.5, 0.6) is 0 Å². The Morgan fingerprint density at radius 3 is 2.17 bits per heavy atom. The molecule has 7 heteroatoms. The number of nitrogens with one attached hydrogen (secondary N) is 1. The summed E-state index contributed by atoms with van der Waals surface area (Å²) in [6, 6.07) is 0. The predicted octanol–water partition coefficient (Wildman–Crippen LogP) is 0.267. The van der Waals surface area contributed by atoms with Gasteiger partial charge in [-0.05, 0) is 6.92 Å². The molecule has 0 rings (SSSR count). The van der Waals surface area contributed by atoms with Crippen molar-refractivity contribution in [3.8, 4) is 0 Å². The topological polar surface area (TPSA) is 81.7 Å². The van der Waals surface area contributed by atoms with E-state index in [0.717, 1.165) is 0 Å². The Kier molecular flexibility index (Phi) is 8.32. The van der Waals surface area contributed by atoms with Gasteiger partial charge in [-0.25, -0.2) is 0 Å². The lowest BCUT2D eigenvalue weighted by molar-refractivity contribution is -0.156. The monoisotopic (exact) mass is 279 g/mol. The summed E-state index contributed by atoms with van der Waals surface area (Å²) in [5.41, 5.74) is 0. The Labute approximate surface area is 111 Å². The van der Waals surface area contributed by atoms with E-state index in [1.54, 1.807) is 0 Å². The molecule has 0 bridgehead atoms. The number of rotatable bonds is 8. The van der Waals surface area contributed by atoms with Gasteiger partial charge in [-0.15, -0.1) is 11.6 Å². The lowest BCUT2D eigenvalue weighted by atomic mass is 10.3. The van der Waals surface area contributed by atoms with E-state index in [4.69, 9.17) is 21.1 Å². The number of halogens is 1. The predicted molar refractivity (Wildman–Crippen MR) is 65.4 cm³/mol. The summed E-state index contributed by atoms with van der Waals surface area (Å²) in [4.78, 5) is 32.4. The molecule has 1 N–H and O–H groups in total. The molecule has 0 amide bonds. The molecule has 104 valence electrons. The van der Waals surface area contributed by atoms with Crippen LogP contribution in [0.15, 0.2) is 0 Å². The summed E-state index contributed by atoms with van der Waals surface area (Å²) in [5, 5.41) is 2.25. The van der Waals surface area contributed by atoms with E-state index < -0.39 is 23.4 Å². The van der Waals surface area contributed by atoms with E-state index in [-0.39, 0.29) is 25.5 Å². The van der Waals surface area contributed by atoms with Crippen LogP contribution in [0.4, 0.5) is 0 Å². The second-order valence-corrected chi connectivity index (χ2v) is 4.30. The van der Waals surface area contributed by atoms with Crippen molar-refractivity contribution < 1.29 is 23.9 Å². The molecule has 2 unspecified atom stereocenters. The maximum Gasteiger partial charge on any atom is 0.303 e. The minimum atomic E-state index is -0.628. The van der Waals surface area contributed by atoms with Crippen LogP contribution in [-0.4, -0.2) is 48.9 Å². The van der Waals surface area contributed by atoms with Gasteiger partial charge in [0.1, 0.15) is 23.9 Å². The van der Waals surface area contributed by atoms with Crippen LogP contribution in [0.25, 0.3) is 0 Å². The molecule has 0 aliphatic heterocycles. The van der Waals surface area contributed by atoms with Gasteiger partial charge in [0.05, 0.1) is 0 Å². The Morgan fingerprint density at radius 1 is 1.11 bits per heavy atom. The Balaban J connectivity index is 4.03. The highest BCUT2D eigenvalue weighted by atomic mass is 35.5. The minimum Gasteiger partial charge on any atom is -0.462 e. The summed E-state index contributed by atoms with van der Waals surface area (Å²) < 4.78 is 9.69. The number of Topliss-reactive ketones (excluding diaryl/α,β-unsaturated/α-hetero) is 1. The van der Waals surface area contributed by atoms with Crippen LogP contribution < -0.4 is 5.32 Å². The van der Waals surface area contributed by atoms with Crippen molar-refractivity contribution >= 4 is 29.3 Å². The highest BCUT2D eigenvalue weighted by Crippen LogP contribution is 1.97. The van der Waals surface area contributed by atoms with E-state index in [0.29, 0.717) is 0 Å². The van der Waals surface area contributed by atoms with Gasteiger partial charge in [0.15, 0.2) is 0 Å². The van der Waals surface area contributed by atoms with Crippen LogP contribution in [0.2, 0.25) is 0 Å². The molecule has 6 nitrogen and oxygen atoms in total. The molecule has 0 aliphatic rings. The van der Waals surface area contributed by atoms with Gasteiger partial charge >= 0.3 is 11.9 Å². The van der Waals surface area contributed by atoms with E-state index in [9.17, 15) is 14.4 Å². The molecule has 0 saturated heterocycles. The second kappa shape index (κ2) is 8.88. The summed E-state index contributed by atoms with van der Waals surface area (Å²) in [5.74, 6) is -1.07. The Bertz CT molecular complexity index is 308. The molecule has 0 radical (unpaired) electrons. The largest absolute Gasteiger partial charge is 0.462 e. The molecule has 0 aromatic heterocycles. The fraction of sp³-hybridized carbons (Fsp3) is 0.727. The highest BCUT2D eigenvalue weighted by molar-refractivity contribution is 6.30. The summed E-state index contributed by atoms with van der Waals surface area (Å²) >= 11 is 5.73. The van der Waals surface area contributed by atoms with Crippen molar-refractivity contribution in [2.24, 2.45) is 0 Å². The van der Waals surface area contributed by atoms with Crippen molar-refractivity contribution in [1.82, 2.24) is 5.32 Å². The summed E-state index contributed by atoms with van der Waals surface area (Å²) in [6.45, 7) is 4.40. The first-order valence-electron chi connectivity index (χ1n) is 5.48. The lowest BCUT2D eigenvalue weighted by Crippen LogP contribution is -2.38. The van der Waals surface area contributed by atoms with Gasteiger partial charge in [-0.3, -0.25) is 14.4 Å². The van der Waals surface area contributed by atoms with Crippen molar-refractivity contribution in [3.63, 3.8) is 0 Å². The van der Waals surface area contributed by atoms with Gasteiger partial charge in [0.2, 0.25) is 0 Å². The van der Waals surface area contributed by atoms with Gasteiger partial charge in [-0.1, -0.05) is 0 Å². The number of carbonyl (C=O) groups is 3.